The van der Waals surface area contributed by atoms with Crippen molar-refractivity contribution in [3.8, 4) is 22.9 Å². The van der Waals surface area contributed by atoms with Gasteiger partial charge in [-0.2, -0.15) is 0 Å². The Kier molecular flexibility index (Phi) is 5.82. The van der Waals surface area contributed by atoms with Crippen LogP contribution in [0.25, 0.3) is 11.4 Å². The van der Waals surface area contributed by atoms with Gasteiger partial charge in [0.15, 0.2) is 5.82 Å². The van der Waals surface area contributed by atoms with E-state index in [1.807, 2.05) is 24.3 Å². The summed E-state index contributed by atoms with van der Waals surface area (Å²) >= 11 is 1.20. The molecule has 0 spiro atoms. The van der Waals surface area contributed by atoms with Gasteiger partial charge in [-0.05, 0) is 36.4 Å². The van der Waals surface area contributed by atoms with E-state index in [-0.39, 0.29) is 11.7 Å². The highest BCUT2D eigenvalue weighted by molar-refractivity contribution is 7.99. The normalized spacial score (nSPS) is 10.4. The summed E-state index contributed by atoms with van der Waals surface area (Å²) in [5.41, 5.74) is 1.41. The molecule has 3 rings (SSSR count). The summed E-state index contributed by atoms with van der Waals surface area (Å²) in [5.74, 6) is 7.90. The molecule has 1 heterocycles. The first kappa shape index (κ1) is 18.6. The van der Waals surface area contributed by atoms with Crippen LogP contribution in [0.4, 0.5) is 5.69 Å². The first-order valence-corrected chi connectivity index (χ1v) is 9.01. The molecule has 8 nitrogen and oxygen atoms in total. The van der Waals surface area contributed by atoms with E-state index in [1.54, 1.807) is 38.5 Å². The van der Waals surface area contributed by atoms with E-state index >= 15 is 0 Å². The van der Waals surface area contributed by atoms with Gasteiger partial charge in [-0.1, -0.05) is 23.9 Å². The molecule has 2 aromatic carbocycles. The maximum absolute atomic E-state index is 12.1. The Balaban J connectivity index is 1.64. The Morgan fingerprint density at radius 1 is 1.11 bits per heavy atom. The van der Waals surface area contributed by atoms with Crippen molar-refractivity contribution in [2.75, 3.05) is 31.1 Å². The molecule has 0 fully saturated rings. The first-order valence-electron chi connectivity index (χ1n) is 8.03. The number of thioether (sulfide) groups is 1. The molecule has 0 aliphatic carbocycles. The summed E-state index contributed by atoms with van der Waals surface area (Å²) in [6, 6.07) is 14.5. The van der Waals surface area contributed by atoms with Gasteiger partial charge in [0.1, 0.15) is 11.5 Å². The van der Waals surface area contributed by atoms with Crippen molar-refractivity contribution in [3.63, 3.8) is 0 Å². The molecule has 140 valence electrons. The quantitative estimate of drug-likeness (QED) is 0.475. The number of carbonyl (C=O) groups is 1. The van der Waals surface area contributed by atoms with E-state index in [0.717, 1.165) is 11.3 Å². The average molecular weight is 385 g/mol. The van der Waals surface area contributed by atoms with Crippen LogP contribution in [0.15, 0.2) is 53.7 Å². The average Bonchev–Trinajstić information content (AvgIpc) is 3.07. The number of para-hydroxylation sites is 1. The topological polar surface area (TPSA) is 104 Å². The fraction of sp³-hybridized carbons (Fsp3) is 0.167. The van der Waals surface area contributed by atoms with E-state index in [1.165, 1.54) is 16.4 Å². The maximum atomic E-state index is 12.1. The number of hydrogen-bond donors (Lipinski definition) is 2. The third-order valence-corrected chi connectivity index (χ3v) is 4.66. The lowest BCUT2D eigenvalue weighted by molar-refractivity contribution is -0.113. The molecular formula is C18H19N5O3S. The lowest BCUT2D eigenvalue weighted by atomic mass is 10.2. The second kappa shape index (κ2) is 8.45. The van der Waals surface area contributed by atoms with Crippen molar-refractivity contribution < 1.29 is 14.3 Å². The summed E-state index contributed by atoms with van der Waals surface area (Å²) in [6.45, 7) is 0. The standard InChI is InChI=1S/C18H19N5O3S/c1-25-13-9-7-12(8-10-13)20-16(24)11-27-18-22-21-17(23(18)19)14-5-3-4-6-15(14)26-2/h3-10H,11,19H2,1-2H3,(H,20,24). The zero-order chi connectivity index (χ0) is 19.2. The third kappa shape index (κ3) is 4.32. The molecule has 1 aromatic heterocycles. The smallest absolute Gasteiger partial charge is 0.234 e. The number of methoxy groups -OCH3 is 2. The van der Waals surface area contributed by atoms with Crippen LogP contribution >= 0.6 is 11.8 Å². The van der Waals surface area contributed by atoms with Crippen LogP contribution in [0.1, 0.15) is 0 Å². The lowest BCUT2D eigenvalue weighted by Gasteiger charge is -2.08. The summed E-state index contributed by atoms with van der Waals surface area (Å²) in [5, 5.41) is 11.4. The fourth-order valence-corrected chi connectivity index (χ4v) is 3.05. The number of benzene rings is 2. The van der Waals surface area contributed by atoms with Crippen LogP contribution in [-0.4, -0.2) is 40.8 Å². The molecule has 9 heteroatoms. The first-order chi connectivity index (χ1) is 13.1. The van der Waals surface area contributed by atoms with E-state index < -0.39 is 0 Å². The molecule has 0 unspecified atom stereocenters. The van der Waals surface area contributed by atoms with Crippen LogP contribution in [0.3, 0.4) is 0 Å². The second-order valence-electron chi connectivity index (χ2n) is 5.44. The van der Waals surface area contributed by atoms with Crippen LogP contribution in [0.5, 0.6) is 11.5 Å². The predicted octanol–water partition coefficient (Wildman–Crippen LogP) is 2.41. The Labute approximate surface area is 160 Å². The summed E-state index contributed by atoms with van der Waals surface area (Å²) < 4.78 is 11.8. The molecule has 0 aliphatic heterocycles. The Morgan fingerprint density at radius 2 is 1.85 bits per heavy atom. The minimum absolute atomic E-state index is 0.146. The van der Waals surface area contributed by atoms with E-state index in [0.29, 0.717) is 22.4 Å². The highest BCUT2D eigenvalue weighted by Crippen LogP contribution is 2.29. The summed E-state index contributed by atoms with van der Waals surface area (Å²) in [7, 11) is 3.17. The van der Waals surface area contributed by atoms with E-state index in [4.69, 9.17) is 15.3 Å². The van der Waals surface area contributed by atoms with Gasteiger partial charge >= 0.3 is 0 Å². The van der Waals surface area contributed by atoms with Gasteiger partial charge in [0.2, 0.25) is 11.1 Å². The Bertz CT molecular complexity index is 927. The number of nitrogens with zero attached hydrogens (tertiary/aromatic N) is 3. The molecule has 0 atom stereocenters. The molecule has 3 aromatic rings. The number of carbonyl (C=O) groups excluding carboxylic acids is 1. The fourth-order valence-electron chi connectivity index (χ4n) is 2.39. The highest BCUT2D eigenvalue weighted by atomic mass is 32.2. The number of anilines is 1. The van der Waals surface area contributed by atoms with Gasteiger partial charge < -0.3 is 20.6 Å². The Hall–Kier alpha value is -3.20. The molecule has 0 bridgehead atoms. The van der Waals surface area contributed by atoms with Gasteiger partial charge in [0.25, 0.3) is 0 Å². The van der Waals surface area contributed by atoms with Crippen LogP contribution in [0, 0.1) is 0 Å². The molecule has 0 saturated carbocycles. The maximum Gasteiger partial charge on any atom is 0.234 e. The summed E-state index contributed by atoms with van der Waals surface area (Å²) in [4.78, 5) is 12.1. The molecule has 1 amide bonds. The number of aromatic nitrogens is 3. The minimum Gasteiger partial charge on any atom is -0.497 e. The largest absolute Gasteiger partial charge is 0.497 e. The Morgan fingerprint density at radius 3 is 2.56 bits per heavy atom. The molecule has 0 radical (unpaired) electrons. The van der Waals surface area contributed by atoms with Crippen molar-refractivity contribution in [3.05, 3.63) is 48.5 Å². The number of ether oxygens (including phenoxy) is 2. The van der Waals surface area contributed by atoms with E-state index in [2.05, 4.69) is 15.5 Å². The van der Waals surface area contributed by atoms with Crippen molar-refractivity contribution >= 4 is 23.4 Å². The number of hydrogen-bond acceptors (Lipinski definition) is 7. The van der Waals surface area contributed by atoms with Crippen LogP contribution in [0.2, 0.25) is 0 Å². The number of nitrogen functional groups attached to an aromatic ring is 1. The third-order valence-electron chi connectivity index (χ3n) is 3.72. The number of nitrogens with one attached hydrogen (secondary N) is 1. The van der Waals surface area contributed by atoms with Gasteiger partial charge in [0, 0.05) is 5.69 Å². The second-order valence-corrected chi connectivity index (χ2v) is 6.38. The number of amides is 1. The van der Waals surface area contributed by atoms with Gasteiger partial charge in [0.05, 0.1) is 25.5 Å². The van der Waals surface area contributed by atoms with Crippen molar-refractivity contribution in [1.82, 2.24) is 14.9 Å². The highest BCUT2D eigenvalue weighted by Gasteiger charge is 2.16. The molecule has 0 aliphatic rings. The van der Waals surface area contributed by atoms with Crippen LogP contribution < -0.4 is 20.6 Å². The zero-order valence-electron chi connectivity index (χ0n) is 14.9. The summed E-state index contributed by atoms with van der Waals surface area (Å²) in [6.07, 6.45) is 0. The minimum atomic E-state index is -0.174. The molecule has 0 saturated heterocycles. The number of rotatable bonds is 7. The van der Waals surface area contributed by atoms with Gasteiger partial charge in [-0.3, -0.25) is 4.79 Å². The van der Waals surface area contributed by atoms with Crippen LogP contribution in [-0.2, 0) is 4.79 Å². The molecule has 3 N–H and O–H groups in total. The van der Waals surface area contributed by atoms with Gasteiger partial charge in [-0.25, -0.2) is 4.68 Å². The van der Waals surface area contributed by atoms with Crippen molar-refractivity contribution in [1.29, 1.82) is 0 Å². The predicted molar refractivity (Wildman–Crippen MR) is 105 cm³/mol. The van der Waals surface area contributed by atoms with E-state index in [9.17, 15) is 4.79 Å². The van der Waals surface area contributed by atoms with Crippen molar-refractivity contribution in [2.24, 2.45) is 0 Å². The lowest BCUT2D eigenvalue weighted by Crippen LogP contribution is -2.16. The molecular weight excluding hydrogens is 366 g/mol. The number of nitrogens with two attached hydrogens (primary N) is 1. The van der Waals surface area contributed by atoms with Crippen molar-refractivity contribution in [2.45, 2.75) is 5.16 Å². The molecule has 27 heavy (non-hydrogen) atoms. The van der Waals surface area contributed by atoms with Gasteiger partial charge in [-0.15, -0.1) is 10.2 Å². The SMILES string of the molecule is COc1ccc(NC(=O)CSc2nnc(-c3ccccc3OC)n2N)cc1. The zero-order valence-corrected chi connectivity index (χ0v) is 15.7. The monoisotopic (exact) mass is 385 g/mol.